The van der Waals surface area contributed by atoms with E-state index in [1.54, 1.807) is 24.0 Å². The first kappa shape index (κ1) is 15.5. The molecule has 20 heavy (non-hydrogen) atoms. The normalized spacial score (nSPS) is 20.1. The lowest BCUT2D eigenvalue weighted by molar-refractivity contribution is -0.130. The smallest absolute Gasteiger partial charge is 0.223 e. The molecular weight excluding hydrogens is 298 g/mol. The molecule has 0 radical (unpaired) electrons. The molecule has 1 aliphatic rings. The van der Waals surface area contributed by atoms with Gasteiger partial charge in [-0.1, -0.05) is 11.6 Å². The second kappa shape index (κ2) is 6.70. The maximum absolute atomic E-state index is 12.0. The zero-order chi connectivity index (χ0) is 14.7. The average molecular weight is 316 g/mol. The predicted molar refractivity (Wildman–Crippen MR) is 79.3 cm³/mol. The standard InChI is InChI=1S/C14H18ClNO3S/c1-9(17)10-6-7-16(8-10)14(19)5-2-11(18)12-3-4-13(15)20-12/h3-4,9-10,17H,2,5-8H2,1H3. The number of hydrogen-bond donors (Lipinski definition) is 1. The van der Waals surface area contributed by atoms with Crippen LogP contribution in [0.15, 0.2) is 12.1 Å². The monoisotopic (exact) mass is 315 g/mol. The van der Waals surface area contributed by atoms with E-state index in [1.807, 2.05) is 0 Å². The molecule has 110 valence electrons. The van der Waals surface area contributed by atoms with Gasteiger partial charge in [-0.3, -0.25) is 9.59 Å². The number of ketones is 1. The molecule has 0 saturated carbocycles. The summed E-state index contributed by atoms with van der Waals surface area (Å²) >= 11 is 7.03. The van der Waals surface area contributed by atoms with E-state index in [-0.39, 0.29) is 36.6 Å². The SMILES string of the molecule is CC(O)C1CCN(C(=O)CCC(=O)c2ccc(Cl)s2)C1. The predicted octanol–water partition coefficient (Wildman–Crippen LogP) is 2.59. The average Bonchev–Trinajstić information content (AvgIpc) is 3.04. The van der Waals surface area contributed by atoms with Crippen LogP contribution >= 0.6 is 22.9 Å². The van der Waals surface area contributed by atoms with Crippen molar-refractivity contribution in [1.29, 1.82) is 0 Å². The van der Waals surface area contributed by atoms with Gasteiger partial charge in [-0.05, 0) is 25.5 Å². The first-order valence-corrected chi connectivity index (χ1v) is 7.91. The molecular formula is C14H18ClNO3S. The fraction of sp³-hybridized carbons (Fsp3) is 0.571. The number of hydrogen-bond acceptors (Lipinski definition) is 4. The number of carbonyl (C=O) groups is 2. The quantitative estimate of drug-likeness (QED) is 0.850. The Kier molecular flexibility index (Phi) is 5.18. The molecule has 6 heteroatoms. The molecule has 1 N–H and O–H groups in total. The van der Waals surface area contributed by atoms with Crippen LogP contribution in [0.25, 0.3) is 0 Å². The number of nitrogens with zero attached hydrogens (tertiary/aromatic N) is 1. The lowest BCUT2D eigenvalue weighted by Gasteiger charge is -2.17. The van der Waals surface area contributed by atoms with Crippen molar-refractivity contribution in [3.8, 4) is 0 Å². The van der Waals surface area contributed by atoms with Crippen LogP contribution in [0.5, 0.6) is 0 Å². The fourth-order valence-corrected chi connectivity index (χ4v) is 3.38. The maximum atomic E-state index is 12.0. The molecule has 2 unspecified atom stereocenters. The highest BCUT2D eigenvalue weighted by molar-refractivity contribution is 7.18. The van der Waals surface area contributed by atoms with E-state index < -0.39 is 0 Å². The van der Waals surface area contributed by atoms with Crippen LogP contribution in [-0.4, -0.2) is 40.9 Å². The van der Waals surface area contributed by atoms with E-state index in [0.717, 1.165) is 6.42 Å². The van der Waals surface area contributed by atoms with Gasteiger partial charge in [0, 0.05) is 31.8 Å². The molecule has 1 aromatic rings. The number of aliphatic hydroxyl groups excluding tert-OH is 1. The van der Waals surface area contributed by atoms with Gasteiger partial charge in [0.2, 0.25) is 5.91 Å². The summed E-state index contributed by atoms with van der Waals surface area (Å²) in [5, 5.41) is 9.52. The van der Waals surface area contributed by atoms with Crippen LogP contribution < -0.4 is 0 Å². The number of rotatable bonds is 5. The summed E-state index contributed by atoms with van der Waals surface area (Å²) in [7, 11) is 0. The molecule has 1 aliphatic heterocycles. The highest BCUT2D eigenvalue weighted by Crippen LogP contribution is 2.24. The van der Waals surface area contributed by atoms with Gasteiger partial charge in [0.1, 0.15) is 0 Å². The molecule has 4 nitrogen and oxygen atoms in total. The first-order valence-electron chi connectivity index (χ1n) is 6.71. The van der Waals surface area contributed by atoms with Crippen molar-refractivity contribution in [2.45, 2.75) is 32.3 Å². The van der Waals surface area contributed by atoms with Crippen LogP contribution in [0.1, 0.15) is 35.9 Å². The number of aliphatic hydroxyl groups is 1. The van der Waals surface area contributed by atoms with Gasteiger partial charge < -0.3 is 10.0 Å². The Hall–Kier alpha value is -0.910. The zero-order valence-corrected chi connectivity index (χ0v) is 12.9. The Morgan fingerprint density at radius 1 is 1.50 bits per heavy atom. The van der Waals surface area contributed by atoms with Crippen molar-refractivity contribution in [2.24, 2.45) is 5.92 Å². The summed E-state index contributed by atoms with van der Waals surface area (Å²) in [6, 6.07) is 3.38. The fourth-order valence-electron chi connectivity index (χ4n) is 2.37. The van der Waals surface area contributed by atoms with Gasteiger partial charge in [0.15, 0.2) is 5.78 Å². The van der Waals surface area contributed by atoms with Crippen LogP contribution in [0.3, 0.4) is 0 Å². The summed E-state index contributed by atoms with van der Waals surface area (Å²) in [6.07, 6.45) is 0.882. The van der Waals surface area contributed by atoms with Gasteiger partial charge >= 0.3 is 0 Å². The van der Waals surface area contributed by atoms with Gasteiger partial charge in [-0.25, -0.2) is 0 Å². The molecule has 0 spiro atoms. The minimum absolute atomic E-state index is 0.0100. The number of carbonyl (C=O) groups excluding carboxylic acids is 2. The Bertz CT molecular complexity index is 500. The molecule has 0 aliphatic carbocycles. The highest BCUT2D eigenvalue weighted by atomic mass is 35.5. The third-order valence-corrected chi connectivity index (χ3v) is 4.95. The van der Waals surface area contributed by atoms with Crippen LogP contribution in [0.2, 0.25) is 4.34 Å². The van der Waals surface area contributed by atoms with Crippen molar-refractivity contribution in [2.75, 3.05) is 13.1 Å². The Labute approximate surface area is 127 Å². The van der Waals surface area contributed by atoms with Crippen LogP contribution in [0.4, 0.5) is 0 Å². The first-order chi connectivity index (χ1) is 9.47. The second-order valence-electron chi connectivity index (χ2n) is 5.16. The van der Waals surface area contributed by atoms with Crippen molar-refractivity contribution >= 4 is 34.6 Å². The molecule has 1 saturated heterocycles. The van der Waals surface area contributed by atoms with E-state index in [2.05, 4.69) is 0 Å². The number of amides is 1. The van der Waals surface area contributed by atoms with E-state index in [9.17, 15) is 14.7 Å². The highest BCUT2D eigenvalue weighted by Gasteiger charge is 2.29. The molecule has 2 atom stereocenters. The lowest BCUT2D eigenvalue weighted by Crippen LogP contribution is -2.30. The Morgan fingerprint density at radius 2 is 2.25 bits per heavy atom. The third kappa shape index (κ3) is 3.81. The molecule has 1 aromatic heterocycles. The summed E-state index contributed by atoms with van der Waals surface area (Å²) in [5.74, 6) is 0.108. The molecule has 1 amide bonds. The van der Waals surface area contributed by atoms with Crippen LogP contribution in [0, 0.1) is 5.92 Å². The topological polar surface area (TPSA) is 57.6 Å². The van der Waals surface area contributed by atoms with Gasteiger partial charge in [0.25, 0.3) is 0 Å². The summed E-state index contributed by atoms with van der Waals surface area (Å²) < 4.78 is 0.582. The van der Waals surface area contributed by atoms with Gasteiger partial charge in [-0.2, -0.15) is 0 Å². The molecule has 1 fully saturated rings. The van der Waals surface area contributed by atoms with Gasteiger partial charge in [-0.15, -0.1) is 11.3 Å². The second-order valence-corrected chi connectivity index (χ2v) is 6.87. The minimum Gasteiger partial charge on any atom is -0.393 e. The third-order valence-electron chi connectivity index (χ3n) is 3.67. The van der Waals surface area contributed by atoms with E-state index >= 15 is 0 Å². The lowest BCUT2D eigenvalue weighted by atomic mass is 10.0. The summed E-state index contributed by atoms with van der Waals surface area (Å²) in [5.41, 5.74) is 0. The maximum Gasteiger partial charge on any atom is 0.223 e. The number of thiophene rings is 1. The number of likely N-dealkylation sites (tertiary alicyclic amines) is 1. The molecule has 2 rings (SSSR count). The molecule has 2 heterocycles. The largest absolute Gasteiger partial charge is 0.393 e. The van der Waals surface area contributed by atoms with Crippen molar-refractivity contribution in [3.63, 3.8) is 0 Å². The number of Topliss-reactive ketones (excluding diaryl/α,β-unsaturated/α-hetero) is 1. The number of halogens is 1. The van der Waals surface area contributed by atoms with E-state index in [4.69, 9.17) is 11.6 Å². The van der Waals surface area contributed by atoms with Crippen LogP contribution in [-0.2, 0) is 4.79 Å². The molecule has 0 bridgehead atoms. The van der Waals surface area contributed by atoms with Crippen molar-refractivity contribution in [3.05, 3.63) is 21.3 Å². The zero-order valence-electron chi connectivity index (χ0n) is 11.3. The van der Waals surface area contributed by atoms with E-state index in [0.29, 0.717) is 22.3 Å². The molecule has 0 aromatic carbocycles. The summed E-state index contributed by atoms with van der Waals surface area (Å²) in [4.78, 5) is 26.3. The van der Waals surface area contributed by atoms with E-state index in [1.165, 1.54) is 11.3 Å². The van der Waals surface area contributed by atoms with Crippen molar-refractivity contribution < 1.29 is 14.7 Å². The minimum atomic E-state index is -0.386. The Balaban J connectivity index is 1.80. The van der Waals surface area contributed by atoms with Crippen molar-refractivity contribution in [1.82, 2.24) is 4.90 Å². The van der Waals surface area contributed by atoms with Gasteiger partial charge in [0.05, 0.1) is 15.3 Å². The summed E-state index contributed by atoms with van der Waals surface area (Å²) in [6.45, 7) is 3.02. The Morgan fingerprint density at radius 3 is 2.80 bits per heavy atom.